The van der Waals surface area contributed by atoms with E-state index in [0.717, 1.165) is 23.3 Å². The lowest BCUT2D eigenvalue weighted by atomic mass is 10.0. The molecule has 0 amide bonds. The number of carboxylic acid groups (broad SMARTS) is 1. The Kier molecular flexibility index (Phi) is 4.74. The molecular formula is C16H17NO3. The molecule has 0 spiro atoms. The largest absolute Gasteiger partial charge is 0.493 e. The van der Waals surface area contributed by atoms with Crippen molar-refractivity contribution >= 4 is 5.97 Å². The van der Waals surface area contributed by atoms with Gasteiger partial charge in [0.1, 0.15) is 5.75 Å². The van der Waals surface area contributed by atoms with Crippen molar-refractivity contribution < 1.29 is 14.6 Å². The van der Waals surface area contributed by atoms with Crippen LogP contribution in [-0.4, -0.2) is 24.2 Å². The number of aromatic carboxylic acids is 1. The Morgan fingerprint density at radius 1 is 1.10 bits per heavy atom. The standard InChI is InChI=1S/C16H17NO3/c17-10-3-11-20-15-5-2-1-4-14(15)12-6-8-13(9-7-12)16(18)19/h1-2,4-9H,3,10-11,17H2,(H,18,19). The van der Waals surface area contributed by atoms with Gasteiger partial charge in [0.05, 0.1) is 12.2 Å². The van der Waals surface area contributed by atoms with Crippen LogP contribution in [0.1, 0.15) is 16.8 Å². The summed E-state index contributed by atoms with van der Waals surface area (Å²) >= 11 is 0. The normalized spacial score (nSPS) is 10.2. The van der Waals surface area contributed by atoms with Crippen LogP contribution in [0.25, 0.3) is 11.1 Å². The van der Waals surface area contributed by atoms with Gasteiger partial charge >= 0.3 is 5.97 Å². The topological polar surface area (TPSA) is 72.5 Å². The van der Waals surface area contributed by atoms with Gasteiger partial charge in [-0.1, -0.05) is 30.3 Å². The fourth-order valence-corrected chi connectivity index (χ4v) is 1.89. The maximum atomic E-state index is 10.9. The predicted octanol–water partition coefficient (Wildman–Crippen LogP) is 2.78. The second-order valence-corrected chi connectivity index (χ2v) is 4.37. The van der Waals surface area contributed by atoms with Crippen LogP contribution in [-0.2, 0) is 0 Å². The highest BCUT2D eigenvalue weighted by Gasteiger charge is 2.07. The third-order valence-electron chi connectivity index (χ3n) is 2.94. The molecule has 4 nitrogen and oxygen atoms in total. The van der Waals surface area contributed by atoms with E-state index in [1.807, 2.05) is 24.3 Å². The van der Waals surface area contributed by atoms with Crippen LogP contribution in [0.4, 0.5) is 0 Å². The van der Waals surface area contributed by atoms with Crippen molar-refractivity contribution in [2.24, 2.45) is 5.73 Å². The first-order valence-corrected chi connectivity index (χ1v) is 6.48. The summed E-state index contributed by atoms with van der Waals surface area (Å²) < 4.78 is 5.71. The summed E-state index contributed by atoms with van der Waals surface area (Å²) in [4.78, 5) is 10.9. The number of benzene rings is 2. The molecule has 0 saturated carbocycles. The quantitative estimate of drug-likeness (QED) is 0.792. The van der Waals surface area contributed by atoms with Crippen molar-refractivity contribution in [2.45, 2.75) is 6.42 Å². The van der Waals surface area contributed by atoms with Crippen LogP contribution in [0, 0.1) is 0 Å². The highest BCUT2D eigenvalue weighted by Crippen LogP contribution is 2.30. The molecular weight excluding hydrogens is 254 g/mol. The Balaban J connectivity index is 2.25. The van der Waals surface area contributed by atoms with Crippen molar-refractivity contribution in [3.8, 4) is 16.9 Å². The molecule has 0 saturated heterocycles. The molecule has 2 aromatic carbocycles. The third kappa shape index (κ3) is 3.36. The Labute approximate surface area is 117 Å². The van der Waals surface area contributed by atoms with Crippen molar-refractivity contribution in [3.05, 3.63) is 54.1 Å². The van der Waals surface area contributed by atoms with Gasteiger partial charge in [-0.3, -0.25) is 0 Å². The lowest BCUT2D eigenvalue weighted by Gasteiger charge is -2.11. The molecule has 0 radical (unpaired) electrons. The van der Waals surface area contributed by atoms with E-state index in [1.54, 1.807) is 24.3 Å². The molecule has 2 aromatic rings. The summed E-state index contributed by atoms with van der Waals surface area (Å²) in [5, 5.41) is 8.91. The zero-order valence-electron chi connectivity index (χ0n) is 11.1. The van der Waals surface area contributed by atoms with E-state index in [9.17, 15) is 4.79 Å². The zero-order valence-corrected chi connectivity index (χ0v) is 11.1. The molecule has 0 aliphatic heterocycles. The van der Waals surface area contributed by atoms with Crippen molar-refractivity contribution in [1.29, 1.82) is 0 Å². The highest BCUT2D eigenvalue weighted by molar-refractivity contribution is 5.88. The van der Waals surface area contributed by atoms with Crippen LogP contribution >= 0.6 is 0 Å². The first-order chi connectivity index (χ1) is 9.72. The molecule has 0 atom stereocenters. The van der Waals surface area contributed by atoms with Gasteiger partial charge in [0.15, 0.2) is 0 Å². The molecule has 0 unspecified atom stereocenters. The van der Waals surface area contributed by atoms with E-state index in [4.69, 9.17) is 15.6 Å². The molecule has 0 aliphatic carbocycles. The van der Waals surface area contributed by atoms with Crippen molar-refractivity contribution in [2.75, 3.05) is 13.2 Å². The number of carboxylic acids is 1. The average molecular weight is 271 g/mol. The van der Waals surface area contributed by atoms with Gasteiger partial charge in [0.2, 0.25) is 0 Å². The first-order valence-electron chi connectivity index (χ1n) is 6.48. The molecule has 0 aliphatic rings. The Bertz CT molecular complexity index is 579. The molecule has 104 valence electrons. The number of hydrogen-bond donors (Lipinski definition) is 2. The number of hydrogen-bond acceptors (Lipinski definition) is 3. The minimum Gasteiger partial charge on any atom is -0.493 e. The van der Waals surface area contributed by atoms with E-state index in [2.05, 4.69) is 0 Å². The molecule has 0 aromatic heterocycles. The number of rotatable bonds is 6. The molecule has 20 heavy (non-hydrogen) atoms. The van der Waals surface area contributed by atoms with Gasteiger partial charge in [0, 0.05) is 5.56 Å². The summed E-state index contributed by atoms with van der Waals surface area (Å²) in [6.45, 7) is 1.16. The van der Waals surface area contributed by atoms with Gasteiger partial charge in [-0.15, -0.1) is 0 Å². The Morgan fingerprint density at radius 3 is 2.45 bits per heavy atom. The fraction of sp³-hybridized carbons (Fsp3) is 0.188. The summed E-state index contributed by atoms with van der Waals surface area (Å²) in [7, 11) is 0. The van der Waals surface area contributed by atoms with E-state index in [-0.39, 0.29) is 5.56 Å². The third-order valence-corrected chi connectivity index (χ3v) is 2.94. The first kappa shape index (κ1) is 14.1. The monoisotopic (exact) mass is 271 g/mol. The number of para-hydroxylation sites is 1. The van der Waals surface area contributed by atoms with E-state index >= 15 is 0 Å². The van der Waals surface area contributed by atoms with Crippen LogP contribution in [0.5, 0.6) is 5.75 Å². The van der Waals surface area contributed by atoms with Crippen molar-refractivity contribution in [1.82, 2.24) is 0 Å². The van der Waals surface area contributed by atoms with E-state index < -0.39 is 5.97 Å². The maximum absolute atomic E-state index is 10.9. The van der Waals surface area contributed by atoms with E-state index in [1.165, 1.54) is 0 Å². The Morgan fingerprint density at radius 2 is 1.80 bits per heavy atom. The van der Waals surface area contributed by atoms with E-state index in [0.29, 0.717) is 13.2 Å². The van der Waals surface area contributed by atoms with Crippen LogP contribution in [0.3, 0.4) is 0 Å². The maximum Gasteiger partial charge on any atom is 0.335 e. The van der Waals surface area contributed by atoms with Gasteiger partial charge in [-0.05, 0) is 36.7 Å². The van der Waals surface area contributed by atoms with Gasteiger partial charge in [-0.2, -0.15) is 0 Å². The number of nitrogens with two attached hydrogens (primary N) is 1. The summed E-state index contributed by atoms with van der Waals surface area (Å²) in [5.74, 6) is -0.145. The number of ether oxygens (including phenoxy) is 1. The predicted molar refractivity (Wildman–Crippen MR) is 78.0 cm³/mol. The SMILES string of the molecule is NCCCOc1ccccc1-c1ccc(C(=O)O)cc1. The Hall–Kier alpha value is -2.33. The lowest BCUT2D eigenvalue weighted by Crippen LogP contribution is -2.06. The van der Waals surface area contributed by atoms with Gasteiger partial charge in [-0.25, -0.2) is 4.79 Å². The lowest BCUT2D eigenvalue weighted by molar-refractivity contribution is 0.0697. The van der Waals surface area contributed by atoms with Gasteiger partial charge in [0.25, 0.3) is 0 Å². The molecule has 0 bridgehead atoms. The molecule has 0 fully saturated rings. The molecule has 2 rings (SSSR count). The smallest absolute Gasteiger partial charge is 0.335 e. The summed E-state index contributed by atoms with van der Waals surface area (Å²) in [6, 6.07) is 14.4. The second kappa shape index (κ2) is 6.73. The minimum atomic E-state index is -0.927. The van der Waals surface area contributed by atoms with Crippen LogP contribution < -0.4 is 10.5 Å². The van der Waals surface area contributed by atoms with Crippen molar-refractivity contribution in [3.63, 3.8) is 0 Å². The summed E-state index contributed by atoms with van der Waals surface area (Å²) in [6.07, 6.45) is 0.798. The number of carbonyl (C=O) groups is 1. The van der Waals surface area contributed by atoms with Crippen LogP contribution in [0.2, 0.25) is 0 Å². The van der Waals surface area contributed by atoms with Gasteiger partial charge < -0.3 is 15.6 Å². The minimum absolute atomic E-state index is 0.273. The average Bonchev–Trinajstić information content (AvgIpc) is 2.48. The summed E-state index contributed by atoms with van der Waals surface area (Å²) in [5.41, 5.74) is 7.60. The fourth-order valence-electron chi connectivity index (χ4n) is 1.89. The molecule has 4 heteroatoms. The second-order valence-electron chi connectivity index (χ2n) is 4.37. The van der Waals surface area contributed by atoms with Crippen LogP contribution in [0.15, 0.2) is 48.5 Å². The highest BCUT2D eigenvalue weighted by atomic mass is 16.5. The molecule has 0 heterocycles. The zero-order chi connectivity index (χ0) is 14.4. The molecule has 3 N–H and O–H groups in total.